The van der Waals surface area contributed by atoms with Gasteiger partial charge in [-0.25, -0.2) is 0 Å². The van der Waals surface area contributed by atoms with Crippen LogP contribution in [0.4, 0.5) is 0 Å². The van der Waals surface area contributed by atoms with Gasteiger partial charge in [-0.1, -0.05) is 54.6 Å². The van der Waals surface area contributed by atoms with E-state index in [1.165, 1.54) is 54.2 Å². The van der Waals surface area contributed by atoms with E-state index in [0.29, 0.717) is 0 Å². The van der Waals surface area contributed by atoms with Crippen molar-refractivity contribution in [1.29, 1.82) is 0 Å². The van der Waals surface area contributed by atoms with Crippen molar-refractivity contribution < 1.29 is 0 Å². The van der Waals surface area contributed by atoms with Gasteiger partial charge in [-0.3, -0.25) is 0 Å². The molecule has 0 spiro atoms. The van der Waals surface area contributed by atoms with Gasteiger partial charge in [-0.15, -0.1) is 25.3 Å². The standard InChI is InChI=1S/C28H18S2/c29-25-10-9-19-11-18-6-5-17(12-23(18)14-24(19)15-25)20-7-8-22-13-21-3-1-2-4-26(21)28(30)27(22)16-20/h1-16,29-30H. The first-order valence-electron chi connectivity index (χ1n) is 9.97. The predicted molar refractivity (Wildman–Crippen MR) is 136 cm³/mol. The summed E-state index contributed by atoms with van der Waals surface area (Å²) < 4.78 is 0. The largest absolute Gasteiger partial charge is 0.143 e. The van der Waals surface area contributed by atoms with Gasteiger partial charge in [0.2, 0.25) is 0 Å². The number of benzene rings is 6. The SMILES string of the molecule is Sc1ccc2cc3ccc(-c4ccc5cc6ccccc6c(S)c5c4)cc3cc2c1. The van der Waals surface area contributed by atoms with Gasteiger partial charge in [0.05, 0.1) is 0 Å². The monoisotopic (exact) mass is 418 g/mol. The predicted octanol–water partition coefficient (Wildman–Crippen LogP) is 8.54. The molecule has 0 N–H and O–H groups in total. The number of thiol groups is 2. The van der Waals surface area contributed by atoms with Crippen LogP contribution in [-0.2, 0) is 0 Å². The summed E-state index contributed by atoms with van der Waals surface area (Å²) in [6.07, 6.45) is 0. The quantitative estimate of drug-likeness (QED) is 0.194. The van der Waals surface area contributed by atoms with Gasteiger partial charge in [0.1, 0.15) is 0 Å². The van der Waals surface area contributed by atoms with Crippen LogP contribution in [0, 0.1) is 0 Å². The minimum atomic E-state index is 0.987. The van der Waals surface area contributed by atoms with Gasteiger partial charge in [-0.2, -0.15) is 0 Å². The molecule has 6 rings (SSSR count). The summed E-state index contributed by atoms with van der Waals surface area (Å²) in [4.78, 5) is 2.03. The third-order valence-corrected chi connectivity index (χ3v) is 6.71. The molecule has 0 atom stereocenters. The fourth-order valence-corrected chi connectivity index (χ4v) is 4.99. The zero-order valence-electron chi connectivity index (χ0n) is 16.1. The summed E-state index contributed by atoms with van der Waals surface area (Å²) in [7, 11) is 0. The smallest absolute Gasteiger partial charge is 0.0198 e. The lowest BCUT2D eigenvalue weighted by Gasteiger charge is -2.10. The van der Waals surface area contributed by atoms with E-state index >= 15 is 0 Å². The first-order valence-corrected chi connectivity index (χ1v) is 10.9. The topological polar surface area (TPSA) is 0 Å². The summed E-state index contributed by atoms with van der Waals surface area (Å²) in [5, 5.41) is 9.77. The third-order valence-electron chi connectivity index (χ3n) is 5.95. The molecule has 0 radical (unpaired) electrons. The number of fused-ring (bicyclic) bond motifs is 4. The van der Waals surface area contributed by atoms with Gasteiger partial charge in [0.15, 0.2) is 0 Å². The summed E-state index contributed by atoms with van der Waals surface area (Å²) >= 11 is 9.37. The van der Waals surface area contributed by atoms with E-state index in [1.54, 1.807) is 0 Å². The van der Waals surface area contributed by atoms with Crippen LogP contribution in [0.2, 0.25) is 0 Å². The Bertz CT molecular complexity index is 1610. The maximum Gasteiger partial charge on any atom is 0.0198 e. The molecule has 0 saturated heterocycles. The lowest BCUT2D eigenvalue weighted by Crippen LogP contribution is -1.84. The molecule has 0 aliphatic carbocycles. The van der Waals surface area contributed by atoms with E-state index in [9.17, 15) is 0 Å². The Hall–Kier alpha value is -2.94. The molecular formula is C28H18S2. The van der Waals surface area contributed by atoms with Crippen molar-refractivity contribution in [3.63, 3.8) is 0 Å². The Morgan fingerprint density at radius 3 is 1.87 bits per heavy atom. The summed E-state index contributed by atoms with van der Waals surface area (Å²) in [6, 6.07) is 34.9. The van der Waals surface area contributed by atoms with Crippen molar-refractivity contribution in [3.8, 4) is 11.1 Å². The summed E-state index contributed by atoms with van der Waals surface area (Å²) in [6.45, 7) is 0. The van der Waals surface area contributed by atoms with Crippen LogP contribution in [0.5, 0.6) is 0 Å². The van der Waals surface area contributed by atoms with Gasteiger partial charge in [0, 0.05) is 9.79 Å². The van der Waals surface area contributed by atoms with Crippen LogP contribution < -0.4 is 0 Å². The molecule has 0 unspecified atom stereocenters. The highest BCUT2D eigenvalue weighted by Crippen LogP contribution is 2.35. The van der Waals surface area contributed by atoms with Crippen LogP contribution in [0.3, 0.4) is 0 Å². The third kappa shape index (κ3) is 2.87. The molecule has 0 aromatic heterocycles. The highest BCUT2D eigenvalue weighted by molar-refractivity contribution is 7.80. The second-order valence-electron chi connectivity index (χ2n) is 7.83. The molecule has 142 valence electrons. The maximum absolute atomic E-state index is 4.88. The minimum Gasteiger partial charge on any atom is -0.143 e. The normalized spacial score (nSPS) is 11.7. The molecule has 0 bridgehead atoms. The Kier molecular flexibility index (Phi) is 4.05. The minimum absolute atomic E-state index is 0.987. The van der Waals surface area contributed by atoms with E-state index in [0.717, 1.165) is 9.79 Å². The zero-order valence-corrected chi connectivity index (χ0v) is 17.9. The van der Waals surface area contributed by atoms with Gasteiger partial charge in [-0.05, 0) is 96.7 Å². The molecule has 0 amide bonds. The van der Waals surface area contributed by atoms with Gasteiger partial charge in [0.25, 0.3) is 0 Å². The fraction of sp³-hybridized carbons (Fsp3) is 0. The summed E-state index contributed by atoms with van der Waals surface area (Å²) in [5.41, 5.74) is 2.42. The van der Waals surface area contributed by atoms with E-state index in [-0.39, 0.29) is 0 Å². The molecule has 0 nitrogen and oxygen atoms in total. The molecule has 0 saturated carbocycles. The molecule has 0 heterocycles. The first kappa shape index (κ1) is 17.9. The maximum atomic E-state index is 4.88. The Morgan fingerprint density at radius 1 is 0.400 bits per heavy atom. The van der Waals surface area contributed by atoms with Crippen molar-refractivity contribution in [2.45, 2.75) is 9.79 Å². The molecular weight excluding hydrogens is 400 g/mol. The van der Waals surface area contributed by atoms with Crippen LogP contribution >= 0.6 is 25.3 Å². The van der Waals surface area contributed by atoms with Crippen LogP contribution in [0.1, 0.15) is 0 Å². The van der Waals surface area contributed by atoms with E-state index < -0.39 is 0 Å². The fourth-order valence-electron chi connectivity index (χ4n) is 4.38. The van der Waals surface area contributed by atoms with Crippen molar-refractivity contribution in [2.24, 2.45) is 0 Å². The second-order valence-corrected chi connectivity index (χ2v) is 8.79. The van der Waals surface area contributed by atoms with Crippen LogP contribution in [0.25, 0.3) is 54.2 Å². The Balaban J connectivity index is 1.55. The van der Waals surface area contributed by atoms with Crippen molar-refractivity contribution in [2.75, 3.05) is 0 Å². The number of hydrogen-bond donors (Lipinski definition) is 2. The Morgan fingerprint density at radius 2 is 1.00 bits per heavy atom. The number of hydrogen-bond acceptors (Lipinski definition) is 2. The van der Waals surface area contributed by atoms with Gasteiger partial charge >= 0.3 is 0 Å². The highest BCUT2D eigenvalue weighted by atomic mass is 32.1. The van der Waals surface area contributed by atoms with Crippen LogP contribution in [0.15, 0.2) is 107 Å². The Labute approximate surface area is 186 Å². The number of rotatable bonds is 1. The van der Waals surface area contributed by atoms with Crippen molar-refractivity contribution in [3.05, 3.63) is 97.1 Å². The van der Waals surface area contributed by atoms with Crippen molar-refractivity contribution >= 4 is 68.3 Å². The first-order chi connectivity index (χ1) is 14.7. The lowest BCUT2D eigenvalue weighted by atomic mass is 9.96. The molecule has 0 aliphatic rings. The average molecular weight is 419 g/mol. The van der Waals surface area contributed by atoms with E-state index in [2.05, 4.69) is 104 Å². The average Bonchev–Trinajstić information content (AvgIpc) is 2.77. The highest BCUT2D eigenvalue weighted by Gasteiger charge is 2.08. The zero-order chi connectivity index (χ0) is 20.2. The van der Waals surface area contributed by atoms with E-state index in [1.807, 2.05) is 6.07 Å². The molecule has 0 fully saturated rings. The van der Waals surface area contributed by atoms with E-state index in [4.69, 9.17) is 12.6 Å². The molecule has 2 heteroatoms. The summed E-state index contributed by atoms with van der Waals surface area (Å²) in [5.74, 6) is 0. The van der Waals surface area contributed by atoms with Crippen molar-refractivity contribution in [1.82, 2.24) is 0 Å². The molecule has 6 aromatic rings. The molecule has 6 aromatic carbocycles. The second kappa shape index (κ2) is 6.80. The molecule has 0 aliphatic heterocycles. The van der Waals surface area contributed by atoms with Crippen LogP contribution in [-0.4, -0.2) is 0 Å². The molecule has 30 heavy (non-hydrogen) atoms. The van der Waals surface area contributed by atoms with Gasteiger partial charge < -0.3 is 0 Å². The lowest BCUT2D eigenvalue weighted by molar-refractivity contribution is 1.53.